The molecule has 18 heavy (non-hydrogen) atoms. The summed E-state index contributed by atoms with van der Waals surface area (Å²) in [4.78, 5) is 22.5. The van der Waals surface area contributed by atoms with Crippen LogP contribution >= 0.6 is 0 Å². The lowest BCUT2D eigenvalue weighted by molar-refractivity contribution is -0.180. The van der Waals surface area contributed by atoms with Gasteiger partial charge < -0.3 is 10.1 Å². The number of amides is 1. The first-order chi connectivity index (χ1) is 8.36. The van der Waals surface area contributed by atoms with Crippen molar-refractivity contribution in [2.24, 2.45) is 0 Å². The van der Waals surface area contributed by atoms with Gasteiger partial charge in [0.15, 0.2) is 0 Å². The van der Waals surface area contributed by atoms with Crippen molar-refractivity contribution in [1.29, 1.82) is 0 Å². The zero-order valence-electron chi connectivity index (χ0n) is 9.32. The molecule has 7 heteroatoms. The van der Waals surface area contributed by atoms with Crippen LogP contribution in [0.5, 0.6) is 0 Å². The van der Waals surface area contributed by atoms with Gasteiger partial charge in [-0.15, -0.1) is 0 Å². The maximum Gasteiger partial charge on any atom is 0.419 e. The van der Waals surface area contributed by atoms with Crippen LogP contribution in [-0.2, 0) is 9.53 Å². The quantitative estimate of drug-likeness (QED) is 0.839. The summed E-state index contributed by atoms with van der Waals surface area (Å²) in [5.74, 6) is -2.56. The third-order valence-corrected chi connectivity index (χ3v) is 2.08. The van der Waals surface area contributed by atoms with E-state index in [-0.39, 0.29) is 5.56 Å². The van der Waals surface area contributed by atoms with E-state index < -0.39 is 24.1 Å². The number of esters is 1. The molecular weight excluding hydrogens is 251 g/mol. The number of benzene rings is 1. The molecule has 1 aromatic rings. The Morgan fingerprint density at radius 2 is 1.78 bits per heavy atom. The largest absolute Gasteiger partial charge is 0.467 e. The zero-order chi connectivity index (χ0) is 13.8. The summed E-state index contributed by atoms with van der Waals surface area (Å²) in [7, 11) is 0.815. The number of carbonyl (C=O) groups is 2. The van der Waals surface area contributed by atoms with Crippen molar-refractivity contribution in [3.05, 3.63) is 35.9 Å². The Morgan fingerprint density at radius 3 is 2.22 bits per heavy atom. The fourth-order valence-electron chi connectivity index (χ4n) is 1.20. The van der Waals surface area contributed by atoms with Crippen LogP contribution < -0.4 is 5.32 Å². The van der Waals surface area contributed by atoms with Crippen molar-refractivity contribution >= 4 is 11.9 Å². The molecule has 1 amide bonds. The highest BCUT2D eigenvalue weighted by Crippen LogP contribution is 2.21. The van der Waals surface area contributed by atoms with Crippen molar-refractivity contribution in [1.82, 2.24) is 5.32 Å². The lowest BCUT2D eigenvalue weighted by atomic mass is 10.2. The van der Waals surface area contributed by atoms with E-state index in [1.54, 1.807) is 11.4 Å². The third kappa shape index (κ3) is 3.47. The Morgan fingerprint density at radius 1 is 1.22 bits per heavy atom. The van der Waals surface area contributed by atoms with E-state index in [2.05, 4.69) is 4.74 Å². The Labute approximate surface area is 101 Å². The molecule has 0 aromatic heterocycles. The first-order valence-corrected chi connectivity index (χ1v) is 4.86. The van der Waals surface area contributed by atoms with E-state index in [1.165, 1.54) is 24.3 Å². The monoisotopic (exact) mass is 261 g/mol. The van der Waals surface area contributed by atoms with Crippen LogP contribution in [-0.4, -0.2) is 31.2 Å². The van der Waals surface area contributed by atoms with E-state index in [1.807, 2.05) is 0 Å². The highest BCUT2D eigenvalue weighted by molar-refractivity contribution is 5.96. The van der Waals surface area contributed by atoms with E-state index in [9.17, 15) is 22.8 Å². The summed E-state index contributed by atoms with van der Waals surface area (Å²) in [5.41, 5.74) is 0.0238. The molecule has 0 spiro atoms. The number of carbonyl (C=O) groups excluding carboxylic acids is 2. The number of alkyl halides is 3. The van der Waals surface area contributed by atoms with E-state index in [0.717, 1.165) is 7.11 Å². The molecule has 0 aliphatic rings. The first kappa shape index (κ1) is 14.0. The number of ether oxygens (including phenoxy) is 1. The molecule has 0 bridgehead atoms. The van der Waals surface area contributed by atoms with Gasteiger partial charge in [-0.1, -0.05) is 18.2 Å². The standard InChI is InChI=1S/C11H10F3NO3/c1-18-10(17)8(11(12,13)14)15-9(16)7-5-3-2-4-6-7/h2-6,8H,1H3,(H,15,16)/t8-/m0/s1. The molecular formula is C11H10F3NO3. The molecule has 0 saturated carbocycles. The Balaban J connectivity index is 2.86. The Kier molecular flexibility index (Phi) is 4.30. The van der Waals surface area contributed by atoms with Gasteiger partial charge in [-0.2, -0.15) is 13.2 Å². The number of hydrogen-bond donors (Lipinski definition) is 1. The molecule has 0 fully saturated rings. The molecule has 1 N–H and O–H groups in total. The molecule has 1 aromatic carbocycles. The second-order valence-corrected chi connectivity index (χ2v) is 3.34. The molecule has 0 unspecified atom stereocenters. The van der Waals surface area contributed by atoms with Gasteiger partial charge in [0.05, 0.1) is 7.11 Å². The molecule has 0 aliphatic heterocycles. The molecule has 1 atom stereocenters. The minimum atomic E-state index is -4.91. The van der Waals surface area contributed by atoms with Gasteiger partial charge in [0.25, 0.3) is 5.91 Å². The third-order valence-electron chi connectivity index (χ3n) is 2.08. The highest BCUT2D eigenvalue weighted by Gasteiger charge is 2.47. The fourth-order valence-corrected chi connectivity index (χ4v) is 1.20. The number of rotatable bonds is 3. The lowest BCUT2D eigenvalue weighted by Crippen LogP contribution is -2.51. The van der Waals surface area contributed by atoms with Gasteiger partial charge in [-0.3, -0.25) is 4.79 Å². The molecule has 98 valence electrons. The topological polar surface area (TPSA) is 55.4 Å². The van der Waals surface area contributed by atoms with Gasteiger partial charge in [0, 0.05) is 5.56 Å². The van der Waals surface area contributed by atoms with Crippen molar-refractivity contribution < 1.29 is 27.5 Å². The summed E-state index contributed by atoms with van der Waals surface area (Å²) < 4.78 is 41.6. The first-order valence-electron chi connectivity index (χ1n) is 4.86. The Bertz CT molecular complexity index is 431. The summed E-state index contributed by atoms with van der Waals surface area (Å²) in [5, 5.41) is 1.59. The average Bonchev–Trinajstić information content (AvgIpc) is 2.34. The van der Waals surface area contributed by atoms with Crippen LogP contribution in [0, 0.1) is 0 Å². The summed E-state index contributed by atoms with van der Waals surface area (Å²) in [6.45, 7) is 0. The molecule has 0 heterocycles. The second-order valence-electron chi connectivity index (χ2n) is 3.34. The number of nitrogens with one attached hydrogen (secondary N) is 1. The average molecular weight is 261 g/mol. The van der Waals surface area contributed by atoms with Gasteiger partial charge in [0.1, 0.15) is 0 Å². The van der Waals surface area contributed by atoms with Gasteiger partial charge in [-0.05, 0) is 12.1 Å². The van der Waals surface area contributed by atoms with E-state index >= 15 is 0 Å². The van der Waals surface area contributed by atoms with E-state index in [0.29, 0.717) is 0 Å². The number of methoxy groups -OCH3 is 1. The van der Waals surface area contributed by atoms with Crippen molar-refractivity contribution in [3.8, 4) is 0 Å². The molecule has 1 rings (SSSR count). The zero-order valence-corrected chi connectivity index (χ0v) is 9.32. The maximum absolute atomic E-state index is 12.5. The lowest BCUT2D eigenvalue weighted by Gasteiger charge is -2.19. The van der Waals surface area contributed by atoms with Crippen molar-refractivity contribution in [2.75, 3.05) is 7.11 Å². The van der Waals surface area contributed by atoms with E-state index in [4.69, 9.17) is 0 Å². The fraction of sp³-hybridized carbons (Fsp3) is 0.273. The predicted molar refractivity (Wildman–Crippen MR) is 55.8 cm³/mol. The Hall–Kier alpha value is -2.05. The van der Waals surface area contributed by atoms with Crippen LogP contribution in [0.4, 0.5) is 13.2 Å². The second kappa shape index (κ2) is 5.52. The summed E-state index contributed by atoms with van der Waals surface area (Å²) in [6, 6.07) is 4.60. The molecule has 4 nitrogen and oxygen atoms in total. The normalized spacial score (nSPS) is 12.7. The summed E-state index contributed by atoms with van der Waals surface area (Å²) >= 11 is 0. The smallest absolute Gasteiger partial charge is 0.419 e. The molecule has 0 saturated heterocycles. The van der Waals surface area contributed by atoms with Crippen LogP contribution in [0.15, 0.2) is 30.3 Å². The van der Waals surface area contributed by atoms with Crippen molar-refractivity contribution in [2.45, 2.75) is 12.2 Å². The van der Waals surface area contributed by atoms with Crippen LogP contribution in [0.1, 0.15) is 10.4 Å². The van der Waals surface area contributed by atoms with Crippen LogP contribution in [0.25, 0.3) is 0 Å². The van der Waals surface area contributed by atoms with Crippen molar-refractivity contribution in [3.63, 3.8) is 0 Å². The highest BCUT2D eigenvalue weighted by atomic mass is 19.4. The summed E-state index contributed by atoms with van der Waals surface area (Å²) in [6.07, 6.45) is -4.91. The van der Waals surface area contributed by atoms with Gasteiger partial charge in [-0.25, -0.2) is 4.79 Å². The van der Waals surface area contributed by atoms with Crippen LogP contribution in [0.3, 0.4) is 0 Å². The maximum atomic E-state index is 12.5. The SMILES string of the molecule is COC(=O)[C@H](NC(=O)c1ccccc1)C(F)(F)F. The van der Waals surface area contributed by atoms with Crippen LogP contribution in [0.2, 0.25) is 0 Å². The molecule has 0 radical (unpaired) electrons. The van der Waals surface area contributed by atoms with Gasteiger partial charge >= 0.3 is 12.1 Å². The minimum Gasteiger partial charge on any atom is -0.467 e. The number of halogens is 3. The van der Waals surface area contributed by atoms with Gasteiger partial charge in [0.2, 0.25) is 6.04 Å². The number of hydrogen-bond acceptors (Lipinski definition) is 3. The molecule has 0 aliphatic carbocycles. The predicted octanol–water partition coefficient (Wildman–Crippen LogP) is 1.52. The minimum absolute atomic E-state index is 0.0238.